The van der Waals surface area contributed by atoms with Crippen LogP contribution >= 0.6 is 0 Å². The maximum atomic E-state index is 13.1. The molecule has 1 atom stereocenters. The van der Waals surface area contributed by atoms with Gasteiger partial charge in [-0.25, -0.2) is 4.39 Å². The molecule has 0 saturated heterocycles. The zero-order chi connectivity index (χ0) is 13.4. The summed E-state index contributed by atoms with van der Waals surface area (Å²) in [7, 11) is 0. The topological polar surface area (TPSA) is 44.5 Å². The zero-order valence-electron chi connectivity index (χ0n) is 11.1. The molecule has 0 aliphatic heterocycles. The monoisotopic (exact) mass is 255 g/mol. The lowest BCUT2D eigenvalue weighted by Crippen LogP contribution is -2.12. The number of hydrogen-bond donors (Lipinski definition) is 1. The third-order valence-corrected chi connectivity index (χ3v) is 2.59. The molecule has 0 saturated carbocycles. The molecule has 1 aromatic carbocycles. The van der Waals surface area contributed by atoms with Gasteiger partial charge in [0.2, 0.25) is 0 Å². The van der Waals surface area contributed by atoms with Gasteiger partial charge >= 0.3 is 0 Å². The van der Waals surface area contributed by atoms with Crippen LogP contribution in [0.4, 0.5) is 4.39 Å². The second kappa shape index (κ2) is 8.06. The fourth-order valence-corrected chi connectivity index (χ4v) is 1.57. The van der Waals surface area contributed by atoms with Crippen molar-refractivity contribution >= 4 is 0 Å². The summed E-state index contributed by atoms with van der Waals surface area (Å²) in [6.45, 7) is 5.67. The van der Waals surface area contributed by atoms with Crippen LogP contribution in [0.2, 0.25) is 0 Å². The fraction of sp³-hybridized carbons (Fsp3) is 0.571. The molecule has 0 heterocycles. The lowest BCUT2D eigenvalue weighted by molar-refractivity contribution is 0.0976. The highest BCUT2D eigenvalue weighted by molar-refractivity contribution is 5.36. The first-order valence-corrected chi connectivity index (χ1v) is 6.40. The van der Waals surface area contributed by atoms with Crippen molar-refractivity contribution in [1.82, 2.24) is 0 Å². The number of hydrogen-bond acceptors (Lipinski definition) is 3. The maximum Gasteiger partial charge on any atom is 0.124 e. The second-order valence-electron chi connectivity index (χ2n) is 4.29. The average Bonchev–Trinajstić information content (AvgIpc) is 2.35. The Hall–Kier alpha value is -1.13. The molecule has 0 unspecified atom stereocenters. The Labute approximate surface area is 108 Å². The van der Waals surface area contributed by atoms with Crippen LogP contribution in [0.1, 0.15) is 38.3 Å². The zero-order valence-corrected chi connectivity index (χ0v) is 11.1. The summed E-state index contributed by atoms with van der Waals surface area (Å²) in [6.07, 6.45) is 2.18. The van der Waals surface area contributed by atoms with Gasteiger partial charge in [0.1, 0.15) is 18.2 Å². The first kappa shape index (κ1) is 14.9. The second-order valence-corrected chi connectivity index (χ2v) is 4.29. The van der Waals surface area contributed by atoms with Gasteiger partial charge in [0.05, 0.1) is 6.61 Å². The van der Waals surface area contributed by atoms with Crippen molar-refractivity contribution in [2.45, 2.75) is 32.7 Å². The van der Waals surface area contributed by atoms with E-state index in [1.807, 2.05) is 0 Å². The van der Waals surface area contributed by atoms with E-state index in [-0.39, 0.29) is 11.9 Å². The Morgan fingerprint density at radius 3 is 2.72 bits per heavy atom. The summed E-state index contributed by atoms with van der Waals surface area (Å²) in [6, 6.07) is 4.15. The van der Waals surface area contributed by atoms with Crippen molar-refractivity contribution in [2.75, 3.05) is 19.8 Å². The van der Waals surface area contributed by atoms with E-state index >= 15 is 0 Å². The molecule has 0 spiro atoms. The van der Waals surface area contributed by atoms with Crippen molar-refractivity contribution in [2.24, 2.45) is 5.73 Å². The summed E-state index contributed by atoms with van der Waals surface area (Å²) < 4.78 is 24.1. The standard InChI is InChI=1S/C14H22FNO2/c1-3-4-7-17-8-9-18-14-6-5-12(15)10-13(14)11(2)16/h5-6,10-11H,3-4,7-9,16H2,1-2H3/t11-/m0/s1. The smallest absolute Gasteiger partial charge is 0.124 e. The number of nitrogens with two attached hydrogens (primary N) is 1. The molecular formula is C14H22FNO2. The molecule has 3 nitrogen and oxygen atoms in total. The van der Waals surface area contributed by atoms with Crippen LogP contribution in [0.25, 0.3) is 0 Å². The van der Waals surface area contributed by atoms with E-state index in [9.17, 15) is 4.39 Å². The first-order valence-electron chi connectivity index (χ1n) is 6.40. The van der Waals surface area contributed by atoms with Crippen molar-refractivity contribution < 1.29 is 13.9 Å². The number of rotatable bonds is 8. The molecule has 0 aliphatic carbocycles. The molecule has 1 aromatic rings. The van der Waals surface area contributed by atoms with Gasteiger partial charge in [-0.1, -0.05) is 13.3 Å². The minimum absolute atomic E-state index is 0.253. The van der Waals surface area contributed by atoms with Crippen LogP contribution in [-0.4, -0.2) is 19.8 Å². The Kier molecular flexibility index (Phi) is 6.68. The largest absolute Gasteiger partial charge is 0.491 e. The van der Waals surface area contributed by atoms with Crippen LogP contribution in [-0.2, 0) is 4.74 Å². The molecule has 0 aliphatic rings. The van der Waals surface area contributed by atoms with Crippen molar-refractivity contribution in [3.8, 4) is 5.75 Å². The Morgan fingerprint density at radius 1 is 1.28 bits per heavy atom. The highest BCUT2D eigenvalue weighted by Crippen LogP contribution is 2.24. The van der Waals surface area contributed by atoms with Crippen molar-refractivity contribution in [1.29, 1.82) is 0 Å². The quantitative estimate of drug-likeness (QED) is 0.726. The average molecular weight is 255 g/mol. The van der Waals surface area contributed by atoms with Crippen LogP contribution in [0.15, 0.2) is 18.2 Å². The van der Waals surface area contributed by atoms with Gasteiger partial charge in [-0.2, -0.15) is 0 Å². The Morgan fingerprint density at radius 2 is 2.06 bits per heavy atom. The van der Waals surface area contributed by atoms with Gasteiger partial charge in [0, 0.05) is 18.2 Å². The van der Waals surface area contributed by atoms with E-state index in [1.54, 1.807) is 13.0 Å². The molecular weight excluding hydrogens is 233 g/mol. The summed E-state index contributed by atoms with van der Waals surface area (Å²) in [4.78, 5) is 0. The molecule has 0 aromatic heterocycles. The molecule has 0 bridgehead atoms. The minimum atomic E-state index is -0.297. The van der Waals surface area contributed by atoms with Gasteiger partial charge in [-0.05, 0) is 31.5 Å². The van der Waals surface area contributed by atoms with Gasteiger partial charge in [0.25, 0.3) is 0 Å². The summed E-state index contributed by atoms with van der Waals surface area (Å²) in [5.41, 5.74) is 6.46. The third kappa shape index (κ3) is 5.02. The molecule has 0 radical (unpaired) electrons. The number of halogens is 1. The van der Waals surface area contributed by atoms with Crippen molar-refractivity contribution in [3.63, 3.8) is 0 Å². The van der Waals surface area contributed by atoms with E-state index in [4.69, 9.17) is 15.2 Å². The fourth-order valence-electron chi connectivity index (χ4n) is 1.57. The molecule has 1 rings (SSSR count). The SMILES string of the molecule is CCCCOCCOc1ccc(F)cc1[C@H](C)N. The Bertz CT molecular complexity index is 356. The highest BCUT2D eigenvalue weighted by atomic mass is 19.1. The van der Waals surface area contributed by atoms with Crippen LogP contribution < -0.4 is 10.5 Å². The summed E-state index contributed by atoms with van der Waals surface area (Å²) in [5.74, 6) is 0.333. The molecule has 0 fully saturated rings. The Balaban J connectivity index is 2.42. The molecule has 4 heteroatoms. The maximum absolute atomic E-state index is 13.1. The predicted molar refractivity (Wildman–Crippen MR) is 70.2 cm³/mol. The van der Waals surface area contributed by atoms with Crippen LogP contribution in [0.3, 0.4) is 0 Å². The predicted octanol–water partition coefficient (Wildman–Crippen LogP) is 3.04. The van der Waals surface area contributed by atoms with E-state index in [0.29, 0.717) is 24.5 Å². The highest BCUT2D eigenvalue weighted by Gasteiger charge is 2.09. The van der Waals surface area contributed by atoms with Crippen molar-refractivity contribution in [3.05, 3.63) is 29.6 Å². The number of unbranched alkanes of at least 4 members (excludes halogenated alkanes) is 1. The normalized spacial score (nSPS) is 12.4. The molecule has 18 heavy (non-hydrogen) atoms. The minimum Gasteiger partial charge on any atom is -0.491 e. The number of benzene rings is 1. The van der Waals surface area contributed by atoms with E-state index in [0.717, 1.165) is 19.4 Å². The molecule has 0 amide bonds. The molecule has 102 valence electrons. The lowest BCUT2D eigenvalue weighted by Gasteiger charge is -2.14. The van der Waals surface area contributed by atoms with Crippen LogP contribution in [0, 0.1) is 5.82 Å². The van der Waals surface area contributed by atoms with Crippen LogP contribution in [0.5, 0.6) is 5.75 Å². The van der Waals surface area contributed by atoms with E-state index in [1.165, 1.54) is 12.1 Å². The van der Waals surface area contributed by atoms with Gasteiger partial charge in [-0.3, -0.25) is 0 Å². The summed E-state index contributed by atoms with van der Waals surface area (Å²) in [5, 5.41) is 0. The molecule has 2 N–H and O–H groups in total. The van der Waals surface area contributed by atoms with Gasteiger partial charge < -0.3 is 15.2 Å². The first-order chi connectivity index (χ1) is 8.65. The van der Waals surface area contributed by atoms with Gasteiger partial charge in [-0.15, -0.1) is 0 Å². The lowest BCUT2D eigenvalue weighted by atomic mass is 10.1. The number of ether oxygens (including phenoxy) is 2. The third-order valence-electron chi connectivity index (χ3n) is 2.59. The van der Waals surface area contributed by atoms with E-state index in [2.05, 4.69) is 6.92 Å². The summed E-state index contributed by atoms with van der Waals surface area (Å²) >= 11 is 0. The van der Waals surface area contributed by atoms with Gasteiger partial charge in [0.15, 0.2) is 0 Å². The van der Waals surface area contributed by atoms with E-state index < -0.39 is 0 Å².